The molecule has 0 spiro atoms. The van der Waals surface area contributed by atoms with Crippen LogP contribution in [0.3, 0.4) is 0 Å². The Hall–Kier alpha value is -0.770. The van der Waals surface area contributed by atoms with Crippen molar-refractivity contribution in [3.63, 3.8) is 0 Å². The number of Topliss-reactive ketones (excluding diaryl/α,β-unsaturated/α-hetero) is 1. The van der Waals surface area contributed by atoms with Gasteiger partial charge >= 0.3 is 0 Å². The van der Waals surface area contributed by atoms with Crippen LogP contribution in [0, 0.1) is 0 Å². The largest absolute Gasteiger partial charge is 0.494 e. The fraction of sp³-hybridized carbons (Fsp3) is 0.300. The Kier molecular flexibility index (Phi) is 4.39. The number of ether oxygens (including phenoxy) is 1. The Morgan fingerprint density at radius 2 is 2.13 bits per heavy atom. The molecule has 3 nitrogen and oxygen atoms in total. The fourth-order valence-electron chi connectivity index (χ4n) is 1.21. The minimum Gasteiger partial charge on any atom is -0.494 e. The number of aliphatic hydroxyl groups excluding tert-OH is 1. The Balaban J connectivity index is 3.20. The quantitative estimate of drug-likeness (QED) is 0.834. The molecule has 0 bridgehead atoms. The predicted octanol–water partition coefficient (Wildman–Crippen LogP) is 2.57. The molecule has 1 aromatic rings. The molecule has 0 atom stereocenters. The van der Waals surface area contributed by atoms with Gasteiger partial charge in [0.05, 0.1) is 24.3 Å². The van der Waals surface area contributed by atoms with Gasteiger partial charge in [0, 0.05) is 11.4 Å². The van der Waals surface area contributed by atoms with Gasteiger partial charge in [-0.3, -0.25) is 4.79 Å². The second kappa shape index (κ2) is 5.35. The van der Waals surface area contributed by atoms with Crippen LogP contribution in [0.2, 0.25) is 10.0 Å². The number of ketones is 1. The summed E-state index contributed by atoms with van der Waals surface area (Å²) < 4.78 is 5.01. The van der Waals surface area contributed by atoms with E-state index in [2.05, 4.69) is 0 Å². The summed E-state index contributed by atoms with van der Waals surface area (Å²) in [4.78, 5) is 11.6. The van der Waals surface area contributed by atoms with E-state index in [-0.39, 0.29) is 23.8 Å². The summed E-state index contributed by atoms with van der Waals surface area (Å²) in [5.74, 6) is 0.0401. The zero-order valence-electron chi connectivity index (χ0n) is 8.09. The SMILES string of the molecule is COc1c(Cl)cc(Cl)cc1C(=O)CCO. The Bertz CT molecular complexity index is 377. The predicted molar refractivity (Wildman–Crippen MR) is 59.0 cm³/mol. The number of carbonyl (C=O) groups excluding carboxylic acids is 1. The molecule has 15 heavy (non-hydrogen) atoms. The third kappa shape index (κ3) is 2.84. The van der Waals surface area contributed by atoms with Gasteiger partial charge in [-0.05, 0) is 12.1 Å². The number of carbonyl (C=O) groups is 1. The van der Waals surface area contributed by atoms with Crippen molar-refractivity contribution >= 4 is 29.0 Å². The van der Waals surface area contributed by atoms with Gasteiger partial charge in [0.15, 0.2) is 5.78 Å². The molecular formula is C10H10Cl2O3. The fourth-order valence-corrected chi connectivity index (χ4v) is 1.78. The summed E-state index contributed by atoms with van der Waals surface area (Å²) in [6.45, 7) is -0.216. The van der Waals surface area contributed by atoms with E-state index in [1.165, 1.54) is 19.2 Å². The van der Waals surface area contributed by atoms with Gasteiger partial charge in [-0.25, -0.2) is 0 Å². The van der Waals surface area contributed by atoms with E-state index >= 15 is 0 Å². The van der Waals surface area contributed by atoms with Gasteiger partial charge in [0.25, 0.3) is 0 Å². The van der Waals surface area contributed by atoms with Crippen molar-refractivity contribution in [2.75, 3.05) is 13.7 Å². The molecule has 0 aliphatic heterocycles. The van der Waals surface area contributed by atoms with E-state index in [9.17, 15) is 4.79 Å². The van der Waals surface area contributed by atoms with E-state index in [4.69, 9.17) is 33.0 Å². The number of halogens is 2. The number of hydrogen-bond donors (Lipinski definition) is 1. The topological polar surface area (TPSA) is 46.5 Å². The highest BCUT2D eigenvalue weighted by atomic mass is 35.5. The Morgan fingerprint density at radius 1 is 1.47 bits per heavy atom. The number of benzene rings is 1. The monoisotopic (exact) mass is 248 g/mol. The lowest BCUT2D eigenvalue weighted by molar-refractivity contribution is 0.0953. The van der Waals surface area contributed by atoms with Gasteiger partial charge in [-0.15, -0.1) is 0 Å². The smallest absolute Gasteiger partial charge is 0.168 e. The van der Waals surface area contributed by atoms with Crippen molar-refractivity contribution in [2.24, 2.45) is 0 Å². The maximum absolute atomic E-state index is 11.6. The standard InChI is InChI=1S/C10H10Cl2O3/c1-15-10-7(9(14)2-3-13)4-6(11)5-8(10)12/h4-5,13H,2-3H2,1H3. The minimum atomic E-state index is -0.251. The molecule has 1 aromatic carbocycles. The molecule has 0 saturated heterocycles. The summed E-state index contributed by atoms with van der Waals surface area (Å²) in [6, 6.07) is 2.97. The Morgan fingerprint density at radius 3 is 2.67 bits per heavy atom. The van der Waals surface area contributed by atoms with E-state index in [1.807, 2.05) is 0 Å². The molecule has 0 heterocycles. The van der Waals surface area contributed by atoms with Crippen LogP contribution in [-0.4, -0.2) is 24.6 Å². The van der Waals surface area contributed by atoms with Crippen molar-refractivity contribution in [3.05, 3.63) is 27.7 Å². The first-order valence-corrected chi connectivity index (χ1v) is 5.02. The van der Waals surface area contributed by atoms with Gasteiger partial charge in [-0.2, -0.15) is 0 Å². The lowest BCUT2D eigenvalue weighted by Crippen LogP contribution is -2.04. The highest BCUT2D eigenvalue weighted by Gasteiger charge is 2.15. The molecule has 1 N–H and O–H groups in total. The van der Waals surface area contributed by atoms with E-state index in [0.29, 0.717) is 16.3 Å². The molecule has 0 unspecified atom stereocenters. The van der Waals surface area contributed by atoms with Gasteiger partial charge < -0.3 is 9.84 Å². The highest BCUT2D eigenvalue weighted by Crippen LogP contribution is 2.32. The molecule has 5 heteroatoms. The van der Waals surface area contributed by atoms with E-state index < -0.39 is 0 Å². The second-order valence-corrected chi connectivity index (χ2v) is 3.71. The van der Waals surface area contributed by atoms with Crippen LogP contribution >= 0.6 is 23.2 Å². The van der Waals surface area contributed by atoms with Crippen LogP contribution in [0.1, 0.15) is 16.8 Å². The molecule has 0 fully saturated rings. The number of rotatable bonds is 4. The van der Waals surface area contributed by atoms with Crippen molar-refractivity contribution in [1.29, 1.82) is 0 Å². The molecule has 82 valence electrons. The molecule has 1 rings (SSSR count). The Labute approximate surface area is 97.6 Å². The molecule has 0 aliphatic carbocycles. The first kappa shape index (κ1) is 12.3. The van der Waals surface area contributed by atoms with Crippen LogP contribution in [0.4, 0.5) is 0 Å². The lowest BCUT2D eigenvalue weighted by Gasteiger charge is -2.09. The van der Waals surface area contributed by atoms with Gasteiger partial charge in [0.2, 0.25) is 0 Å². The number of aliphatic hydroxyl groups is 1. The maximum Gasteiger partial charge on any atom is 0.168 e. The molecule has 0 aliphatic rings. The lowest BCUT2D eigenvalue weighted by atomic mass is 10.1. The summed E-state index contributed by atoms with van der Waals surface area (Å²) in [6.07, 6.45) is 0.0209. The molecule has 0 saturated carbocycles. The highest BCUT2D eigenvalue weighted by molar-refractivity contribution is 6.36. The molecule has 0 radical (unpaired) electrons. The van der Waals surface area contributed by atoms with Crippen molar-refractivity contribution < 1.29 is 14.6 Å². The second-order valence-electron chi connectivity index (χ2n) is 2.87. The first-order chi connectivity index (χ1) is 7.10. The van der Waals surface area contributed by atoms with Crippen LogP contribution in [0.15, 0.2) is 12.1 Å². The van der Waals surface area contributed by atoms with Crippen molar-refractivity contribution in [3.8, 4) is 5.75 Å². The number of hydrogen-bond acceptors (Lipinski definition) is 3. The number of methoxy groups -OCH3 is 1. The van der Waals surface area contributed by atoms with E-state index in [0.717, 1.165) is 0 Å². The molecule has 0 aromatic heterocycles. The average Bonchev–Trinajstić information content (AvgIpc) is 2.17. The average molecular weight is 249 g/mol. The zero-order valence-corrected chi connectivity index (χ0v) is 9.60. The van der Waals surface area contributed by atoms with Crippen LogP contribution in [-0.2, 0) is 0 Å². The molecule has 0 amide bonds. The van der Waals surface area contributed by atoms with Crippen molar-refractivity contribution in [2.45, 2.75) is 6.42 Å². The summed E-state index contributed by atoms with van der Waals surface area (Å²) >= 11 is 11.6. The van der Waals surface area contributed by atoms with Crippen LogP contribution in [0.25, 0.3) is 0 Å². The third-order valence-electron chi connectivity index (χ3n) is 1.85. The first-order valence-electron chi connectivity index (χ1n) is 4.27. The van der Waals surface area contributed by atoms with Gasteiger partial charge in [0.1, 0.15) is 5.75 Å². The van der Waals surface area contributed by atoms with E-state index in [1.54, 1.807) is 0 Å². The summed E-state index contributed by atoms with van der Waals surface area (Å²) in [7, 11) is 1.42. The minimum absolute atomic E-state index is 0.0209. The maximum atomic E-state index is 11.6. The summed E-state index contributed by atoms with van der Waals surface area (Å²) in [5.41, 5.74) is 0.295. The molecular weight excluding hydrogens is 239 g/mol. The van der Waals surface area contributed by atoms with Crippen molar-refractivity contribution in [1.82, 2.24) is 0 Å². The normalized spacial score (nSPS) is 10.1. The third-order valence-corrected chi connectivity index (χ3v) is 2.35. The van der Waals surface area contributed by atoms with Gasteiger partial charge in [-0.1, -0.05) is 23.2 Å². The van der Waals surface area contributed by atoms with Crippen LogP contribution in [0.5, 0.6) is 5.75 Å². The van der Waals surface area contributed by atoms with Crippen LogP contribution < -0.4 is 4.74 Å². The summed E-state index contributed by atoms with van der Waals surface area (Å²) in [5, 5.41) is 9.32. The zero-order chi connectivity index (χ0) is 11.4.